The number of benzene rings is 1. The zero-order valence-electron chi connectivity index (χ0n) is 8.61. The normalized spacial score (nSPS) is 31.0. The van der Waals surface area contributed by atoms with Crippen LogP contribution in [-0.4, -0.2) is 46.3 Å². The van der Waals surface area contributed by atoms with E-state index in [9.17, 15) is 10.2 Å². The molecule has 0 bridgehead atoms. The SMILES string of the molecule is Nc1ccc([As]2SCC(O)C(O)CS2)cc1. The van der Waals surface area contributed by atoms with Crippen LogP contribution in [0.3, 0.4) is 0 Å². The van der Waals surface area contributed by atoms with Gasteiger partial charge in [-0.3, -0.25) is 0 Å². The molecule has 0 aromatic heterocycles. The van der Waals surface area contributed by atoms with Crippen molar-refractivity contribution >= 4 is 42.4 Å². The maximum atomic E-state index is 9.59. The third kappa shape index (κ3) is 3.11. The van der Waals surface area contributed by atoms with Crippen molar-refractivity contribution in [3.63, 3.8) is 0 Å². The second-order valence-corrected chi connectivity index (χ2v) is 15.2. The minimum atomic E-state index is -1.24. The predicted molar refractivity (Wildman–Crippen MR) is 73.2 cm³/mol. The van der Waals surface area contributed by atoms with Gasteiger partial charge in [0.1, 0.15) is 0 Å². The summed E-state index contributed by atoms with van der Waals surface area (Å²) in [6.07, 6.45) is -1.16. The molecule has 1 aliphatic heterocycles. The first kappa shape index (κ1) is 12.7. The second kappa shape index (κ2) is 5.69. The Labute approximate surface area is 106 Å². The number of anilines is 1. The van der Waals surface area contributed by atoms with Crippen LogP contribution in [-0.2, 0) is 0 Å². The number of hydrogen-bond donors (Lipinski definition) is 3. The topological polar surface area (TPSA) is 66.5 Å². The minimum absolute atomic E-state index is 0.578. The van der Waals surface area contributed by atoms with E-state index in [1.807, 2.05) is 32.2 Å². The van der Waals surface area contributed by atoms with Gasteiger partial charge in [0.15, 0.2) is 0 Å². The quantitative estimate of drug-likeness (QED) is 0.509. The van der Waals surface area contributed by atoms with E-state index in [0.717, 1.165) is 5.69 Å². The van der Waals surface area contributed by atoms with Gasteiger partial charge >= 0.3 is 106 Å². The molecule has 0 amide bonds. The van der Waals surface area contributed by atoms with E-state index in [1.165, 1.54) is 4.35 Å². The summed E-state index contributed by atoms with van der Waals surface area (Å²) in [5, 5.41) is 19.2. The Morgan fingerprint density at radius 3 is 2.06 bits per heavy atom. The molecule has 0 spiro atoms. The second-order valence-electron chi connectivity index (χ2n) is 3.57. The molecule has 1 saturated heterocycles. The van der Waals surface area contributed by atoms with Gasteiger partial charge in [-0.25, -0.2) is 0 Å². The van der Waals surface area contributed by atoms with Crippen molar-refractivity contribution in [1.29, 1.82) is 0 Å². The number of rotatable bonds is 1. The van der Waals surface area contributed by atoms with E-state index in [1.54, 1.807) is 0 Å². The summed E-state index contributed by atoms with van der Waals surface area (Å²) in [6.45, 7) is 0. The molecule has 1 heterocycles. The van der Waals surface area contributed by atoms with Crippen LogP contribution < -0.4 is 10.1 Å². The molecule has 4 N–H and O–H groups in total. The molecule has 88 valence electrons. The van der Waals surface area contributed by atoms with Crippen molar-refractivity contribution in [2.45, 2.75) is 12.2 Å². The van der Waals surface area contributed by atoms with Crippen molar-refractivity contribution in [3.8, 4) is 0 Å². The van der Waals surface area contributed by atoms with Gasteiger partial charge in [-0.1, -0.05) is 0 Å². The van der Waals surface area contributed by atoms with Crippen molar-refractivity contribution in [2.75, 3.05) is 17.2 Å². The first-order valence-electron chi connectivity index (χ1n) is 4.94. The van der Waals surface area contributed by atoms with E-state index < -0.39 is 24.5 Å². The van der Waals surface area contributed by atoms with E-state index in [0.29, 0.717) is 11.5 Å². The molecule has 6 heteroatoms. The molecule has 2 rings (SSSR count). The standard InChI is InChI=1S/C10H14AsNO2S2/c12-8-3-1-7(2-4-8)11-15-5-9(13)10(14)6-16-11/h1-4,9-10,13-14H,5-6,12H2. The summed E-state index contributed by atoms with van der Waals surface area (Å²) >= 11 is -1.24. The molecular weight excluding hydrogens is 305 g/mol. The molecule has 16 heavy (non-hydrogen) atoms. The van der Waals surface area contributed by atoms with Crippen LogP contribution in [0.4, 0.5) is 5.69 Å². The van der Waals surface area contributed by atoms with E-state index in [-0.39, 0.29) is 0 Å². The van der Waals surface area contributed by atoms with Crippen LogP contribution in [0.5, 0.6) is 0 Å². The summed E-state index contributed by atoms with van der Waals surface area (Å²) in [5.41, 5.74) is 6.43. The number of hydrogen-bond acceptors (Lipinski definition) is 5. The molecule has 1 fully saturated rings. The van der Waals surface area contributed by atoms with Gasteiger partial charge < -0.3 is 0 Å². The van der Waals surface area contributed by atoms with Crippen LogP contribution in [0, 0.1) is 0 Å². The fraction of sp³-hybridized carbons (Fsp3) is 0.400. The first-order chi connectivity index (χ1) is 7.66. The molecule has 0 radical (unpaired) electrons. The molecule has 0 saturated carbocycles. The average molecular weight is 319 g/mol. The predicted octanol–water partition coefficient (Wildman–Crippen LogP) is 0.166. The number of nitrogens with two attached hydrogens (primary N) is 1. The molecule has 1 aliphatic rings. The van der Waals surface area contributed by atoms with E-state index in [4.69, 9.17) is 5.73 Å². The fourth-order valence-electron chi connectivity index (χ4n) is 1.29. The van der Waals surface area contributed by atoms with Gasteiger partial charge in [-0.05, 0) is 0 Å². The summed E-state index contributed by atoms with van der Waals surface area (Å²) in [4.78, 5) is 0. The van der Waals surface area contributed by atoms with Crippen LogP contribution in [0.25, 0.3) is 0 Å². The average Bonchev–Trinajstić information content (AvgIpc) is 2.44. The van der Waals surface area contributed by atoms with E-state index in [2.05, 4.69) is 12.1 Å². The van der Waals surface area contributed by atoms with Gasteiger partial charge in [0.05, 0.1) is 0 Å². The molecule has 2 unspecified atom stereocenters. The molecule has 0 aliphatic carbocycles. The fourth-order valence-corrected chi connectivity index (χ4v) is 13.8. The Balaban J connectivity index is 2.07. The summed E-state index contributed by atoms with van der Waals surface area (Å²) in [6, 6.07) is 7.98. The zero-order chi connectivity index (χ0) is 11.5. The molecule has 2 atom stereocenters. The van der Waals surface area contributed by atoms with Gasteiger partial charge in [0.2, 0.25) is 0 Å². The van der Waals surface area contributed by atoms with Crippen LogP contribution in [0.15, 0.2) is 24.3 Å². The van der Waals surface area contributed by atoms with Crippen molar-refractivity contribution in [2.24, 2.45) is 0 Å². The monoisotopic (exact) mass is 319 g/mol. The molecule has 1 aromatic carbocycles. The third-order valence-corrected chi connectivity index (χ3v) is 15.5. The molecular formula is C10H14AsNO2S2. The number of aliphatic hydroxyl groups excluding tert-OH is 2. The van der Waals surface area contributed by atoms with E-state index >= 15 is 0 Å². The third-order valence-electron chi connectivity index (χ3n) is 2.27. The van der Waals surface area contributed by atoms with Crippen molar-refractivity contribution in [3.05, 3.63) is 24.3 Å². The van der Waals surface area contributed by atoms with Gasteiger partial charge in [-0.15, -0.1) is 0 Å². The Morgan fingerprint density at radius 1 is 1.06 bits per heavy atom. The zero-order valence-corrected chi connectivity index (χ0v) is 12.1. The van der Waals surface area contributed by atoms with Gasteiger partial charge in [0.25, 0.3) is 0 Å². The van der Waals surface area contributed by atoms with Crippen LogP contribution >= 0.6 is 20.0 Å². The van der Waals surface area contributed by atoms with Crippen LogP contribution in [0.2, 0.25) is 0 Å². The van der Waals surface area contributed by atoms with Gasteiger partial charge in [0, 0.05) is 0 Å². The Kier molecular flexibility index (Phi) is 4.50. The first-order valence-corrected chi connectivity index (χ1v) is 12.4. The summed E-state index contributed by atoms with van der Waals surface area (Å²) < 4.78 is 1.33. The number of aliphatic hydroxyl groups is 2. The molecule has 1 aromatic rings. The maximum absolute atomic E-state index is 9.59. The van der Waals surface area contributed by atoms with Crippen molar-refractivity contribution in [1.82, 2.24) is 0 Å². The van der Waals surface area contributed by atoms with Gasteiger partial charge in [-0.2, -0.15) is 0 Å². The Morgan fingerprint density at radius 2 is 1.56 bits per heavy atom. The number of nitrogen functional groups attached to an aromatic ring is 1. The Hall–Kier alpha value is 0.198. The van der Waals surface area contributed by atoms with Crippen molar-refractivity contribution < 1.29 is 10.2 Å². The summed E-state index contributed by atoms with van der Waals surface area (Å²) in [7, 11) is 3.63. The molecule has 3 nitrogen and oxygen atoms in total. The van der Waals surface area contributed by atoms with Crippen LogP contribution in [0.1, 0.15) is 0 Å². The Bertz CT molecular complexity index is 337. The summed E-state index contributed by atoms with van der Waals surface area (Å²) in [5.74, 6) is 1.27.